The van der Waals surface area contributed by atoms with E-state index < -0.39 is 0 Å². The van der Waals surface area contributed by atoms with Gasteiger partial charge in [0.1, 0.15) is 0 Å². The van der Waals surface area contributed by atoms with Crippen molar-refractivity contribution in [2.24, 2.45) is 4.99 Å². The summed E-state index contributed by atoms with van der Waals surface area (Å²) in [7, 11) is 0. The van der Waals surface area contributed by atoms with Crippen LogP contribution in [-0.4, -0.2) is 5.71 Å². The van der Waals surface area contributed by atoms with Gasteiger partial charge in [-0.1, -0.05) is 31.9 Å². The van der Waals surface area contributed by atoms with Gasteiger partial charge in [0.15, 0.2) is 0 Å². The molecule has 0 aliphatic heterocycles. The minimum Gasteiger partial charge on any atom is -0.249 e. The van der Waals surface area contributed by atoms with Crippen molar-refractivity contribution in [2.45, 2.75) is 20.8 Å². The molecule has 0 heterocycles. The topological polar surface area (TPSA) is 12.4 Å². The molecule has 0 amide bonds. The summed E-state index contributed by atoms with van der Waals surface area (Å²) in [5, 5.41) is 0. The van der Waals surface area contributed by atoms with E-state index >= 15 is 0 Å². The van der Waals surface area contributed by atoms with Crippen LogP contribution in [0.5, 0.6) is 0 Å². The van der Waals surface area contributed by atoms with Gasteiger partial charge in [0, 0.05) is 0 Å². The number of hydrogen-bond acceptors (Lipinski definition) is 1. The van der Waals surface area contributed by atoms with Gasteiger partial charge in [-0.2, -0.15) is 0 Å². The van der Waals surface area contributed by atoms with Crippen LogP contribution in [0.3, 0.4) is 0 Å². The van der Waals surface area contributed by atoms with E-state index in [9.17, 15) is 0 Å². The molecule has 0 fully saturated rings. The van der Waals surface area contributed by atoms with Crippen LogP contribution in [0.4, 0.5) is 0 Å². The van der Waals surface area contributed by atoms with E-state index in [0.29, 0.717) is 0 Å². The first kappa shape index (κ1) is 17.5. The molecule has 0 radical (unpaired) electrons. The van der Waals surface area contributed by atoms with Crippen LogP contribution in [0.15, 0.2) is 79.0 Å². The summed E-state index contributed by atoms with van der Waals surface area (Å²) in [5.41, 5.74) is 3.48. The van der Waals surface area contributed by atoms with Gasteiger partial charge in [-0.25, -0.2) is 4.99 Å². The predicted molar refractivity (Wildman–Crippen MR) is 81.4 cm³/mol. The molecule has 1 nitrogen and oxygen atoms in total. The second-order valence-corrected chi connectivity index (χ2v) is 3.34. The maximum Gasteiger partial charge on any atom is 0.0660 e. The normalized spacial score (nSPS) is 11.7. The van der Waals surface area contributed by atoms with Gasteiger partial charge >= 0.3 is 0 Å². The third-order valence-corrected chi connectivity index (χ3v) is 1.76. The first-order chi connectivity index (χ1) is 8.02. The van der Waals surface area contributed by atoms with Crippen molar-refractivity contribution in [3.05, 3.63) is 74.0 Å². The number of hydrogen-bond donors (Lipinski definition) is 0. The van der Waals surface area contributed by atoms with E-state index in [1.165, 1.54) is 0 Å². The van der Waals surface area contributed by atoms with E-state index in [1.807, 2.05) is 39.0 Å². The quantitative estimate of drug-likeness (QED) is 0.356. The molecule has 0 aromatic carbocycles. The molecule has 0 saturated heterocycles. The Morgan fingerprint density at radius 1 is 1.06 bits per heavy atom. The largest absolute Gasteiger partial charge is 0.249 e. The van der Waals surface area contributed by atoms with E-state index in [-0.39, 0.29) is 0 Å². The highest BCUT2D eigenvalue weighted by atomic mass is 14.8. The van der Waals surface area contributed by atoms with Crippen LogP contribution >= 0.6 is 0 Å². The van der Waals surface area contributed by atoms with Gasteiger partial charge in [-0.3, -0.25) is 0 Å². The third kappa shape index (κ3) is 7.97. The molecule has 17 heavy (non-hydrogen) atoms. The lowest BCUT2D eigenvalue weighted by Gasteiger charge is -2.03. The SMILES string of the molecule is C=C.C=CC(=N/C(=C/C=C\C)C(=C)C)C(=C)C. The predicted octanol–water partition coefficient (Wildman–Crippen LogP) is 5.03. The summed E-state index contributed by atoms with van der Waals surface area (Å²) in [6.07, 6.45) is 7.52. The lowest BCUT2D eigenvalue weighted by Crippen LogP contribution is -1.95. The molecule has 0 N–H and O–H groups in total. The first-order valence-corrected chi connectivity index (χ1v) is 5.38. The second-order valence-electron chi connectivity index (χ2n) is 3.34. The molecule has 0 spiro atoms. The molecule has 0 unspecified atom stereocenters. The van der Waals surface area contributed by atoms with E-state index in [4.69, 9.17) is 0 Å². The molecular formula is C16H23N. The number of nitrogens with zero attached hydrogens (tertiary/aromatic N) is 1. The molecule has 0 rings (SSSR count). The van der Waals surface area contributed by atoms with Gasteiger partial charge in [-0.05, 0) is 44.1 Å². The zero-order valence-electron chi connectivity index (χ0n) is 11.3. The van der Waals surface area contributed by atoms with Crippen LogP contribution in [0.2, 0.25) is 0 Å². The maximum atomic E-state index is 4.44. The first-order valence-electron chi connectivity index (χ1n) is 5.38. The summed E-state index contributed by atoms with van der Waals surface area (Å²) in [6.45, 7) is 23.2. The highest BCUT2D eigenvalue weighted by molar-refractivity contribution is 6.07. The Morgan fingerprint density at radius 3 is 1.88 bits per heavy atom. The van der Waals surface area contributed by atoms with Crippen molar-refractivity contribution in [1.82, 2.24) is 0 Å². The Morgan fingerprint density at radius 2 is 1.59 bits per heavy atom. The number of rotatable bonds is 5. The third-order valence-electron chi connectivity index (χ3n) is 1.76. The number of aliphatic imine (C=N–C) groups is 1. The van der Waals surface area contributed by atoms with E-state index in [1.54, 1.807) is 6.08 Å². The van der Waals surface area contributed by atoms with Gasteiger partial charge in [0.25, 0.3) is 0 Å². The molecule has 0 atom stereocenters. The Bertz CT molecular complexity index is 365. The summed E-state index contributed by atoms with van der Waals surface area (Å²) in [5.74, 6) is 0. The molecule has 0 saturated carbocycles. The molecule has 0 aromatic heterocycles. The van der Waals surface area contributed by atoms with Gasteiger partial charge in [0.2, 0.25) is 0 Å². The number of allylic oxidation sites excluding steroid dienone is 6. The lowest BCUT2D eigenvalue weighted by molar-refractivity contribution is 1.29. The zero-order chi connectivity index (χ0) is 13.8. The van der Waals surface area contributed by atoms with Crippen molar-refractivity contribution in [3.63, 3.8) is 0 Å². The summed E-state index contributed by atoms with van der Waals surface area (Å²) in [4.78, 5) is 4.44. The Kier molecular flexibility index (Phi) is 10.9. The van der Waals surface area contributed by atoms with E-state index in [0.717, 1.165) is 22.6 Å². The van der Waals surface area contributed by atoms with Crippen molar-refractivity contribution in [2.75, 3.05) is 0 Å². The van der Waals surface area contributed by atoms with Crippen molar-refractivity contribution < 1.29 is 0 Å². The van der Waals surface area contributed by atoms with Crippen molar-refractivity contribution >= 4 is 5.71 Å². The summed E-state index contributed by atoms with van der Waals surface area (Å²) in [6, 6.07) is 0. The van der Waals surface area contributed by atoms with Gasteiger partial charge in [-0.15, -0.1) is 13.2 Å². The fraction of sp³-hybridized carbons (Fsp3) is 0.188. The highest BCUT2D eigenvalue weighted by Crippen LogP contribution is 2.11. The Hall–Kier alpha value is -1.89. The van der Waals surface area contributed by atoms with Crippen LogP contribution in [-0.2, 0) is 0 Å². The molecule has 0 aliphatic rings. The molecule has 0 aliphatic carbocycles. The zero-order valence-corrected chi connectivity index (χ0v) is 11.3. The van der Waals surface area contributed by atoms with E-state index in [2.05, 4.69) is 37.9 Å². The van der Waals surface area contributed by atoms with Crippen molar-refractivity contribution in [3.8, 4) is 0 Å². The Labute approximate surface area is 106 Å². The molecule has 1 heteroatoms. The molecule has 0 aromatic rings. The standard InChI is InChI=1S/C14H19N.C2H4/c1-7-9-10-14(12(5)6)15-13(8-2)11(3)4;1-2/h7-10H,2-3,5H2,1,4,6H3;1-2H2/b9-7-,14-10+,15-13?;. The smallest absolute Gasteiger partial charge is 0.0660 e. The van der Waals surface area contributed by atoms with Gasteiger partial charge in [0.05, 0.1) is 11.4 Å². The highest BCUT2D eigenvalue weighted by Gasteiger charge is 1.98. The van der Waals surface area contributed by atoms with Crippen LogP contribution in [0.1, 0.15) is 20.8 Å². The molecule has 92 valence electrons. The monoisotopic (exact) mass is 229 g/mol. The fourth-order valence-electron chi connectivity index (χ4n) is 0.907. The maximum absolute atomic E-state index is 4.44. The van der Waals surface area contributed by atoms with Crippen molar-refractivity contribution in [1.29, 1.82) is 0 Å². The minimum absolute atomic E-state index is 0.800. The lowest BCUT2D eigenvalue weighted by atomic mass is 10.2. The molecule has 0 bridgehead atoms. The summed E-state index contributed by atoms with van der Waals surface area (Å²) < 4.78 is 0. The Balaban J connectivity index is 0. The molecular weight excluding hydrogens is 206 g/mol. The van der Waals surface area contributed by atoms with Gasteiger partial charge < -0.3 is 0 Å². The second kappa shape index (κ2) is 10.6. The average molecular weight is 229 g/mol. The van der Waals surface area contributed by atoms with Crippen LogP contribution < -0.4 is 0 Å². The van der Waals surface area contributed by atoms with Crippen LogP contribution in [0.25, 0.3) is 0 Å². The fourth-order valence-corrected chi connectivity index (χ4v) is 0.907. The van der Waals surface area contributed by atoms with Crippen LogP contribution in [0, 0.1) is 0 Å². The average Bonchev–Trinajstić information content (AvgIpc) is 2.31. The minimum atomic E-state index is 0.800. The summed E-state index contributed by atoms with van der Waals surface area (Å²) >= 11 is 0.